The molecule has 3 rings (SSSR count). The Morgan fingerprint density at radius 3 is 2.16 bits per heavy atom. The lowest BCUT2D eigenvalue weighted by Crippen LogP contribution is -2.31. The summed E-state index contributed by atoms with van der Waals surface area (Å²) in [6.07, 6.45) is 5.54. The molecule has 0 spiro atoms. The van der Waals surface area contributed by atoms with Gasteiger partial charge in [-0.3, -0.25) is 0 Å². The Balaban J connectivity index is 1.89. The third-order valence-electron chi connectivity index (χ3n) is 4.25. The molecule has 0 atom stereocenters. The Kier molecular flexibility index (Phi) is 3.19. The number of hydrogen-bond donors (Lipinski definition) is 1. The SMILES string of the molecule is Cc1nn(C(C)C)c(N(CC2CC2)CC2CC2)c1N. The fourth-order valence-electron chi connectivity index (χ4n) is 2.69. The number of nitrogens with two attached hydrogens (primary N) is 1. The van der Waals surface area contributed by atoms with Crippen LogP contribution in [0.3, 0.4) is 0 Å². The summed E-state index contributed by atoms with van der Waals surface area (Å²) in [5.74, 6) is 2.94. The van der Waals surface area contributed by atoms with E-state index in [1.54, 1.807) is 0 Å². The van der Waals surface area contributed by atoms with Crippen LogP contribution in [0.1, 0.15) is 51.3 Å². The lowest BCUT2D eigenvalue weighted by Gasteiger charge is -2.27. The molecule has 4 heteroatoms. The quantitative estimate of drug-likeness (QED) is 0.857. The molecule has 2 aliphatic rings. The van der Waals surface area contributed by atoms with Crippen LogP contribution in [0.5, 0.6) is 0 Å². The number of aromatic nitrogens is 2. The van der Waals surface area contributed by atoms with Gasteiger partial charge in [0, 0.05) is 19.1 Å². The van der Waals surface area contributed by atoms with Crippen molar-refractivity contribution in [3.05, 3.63) is 5.69 Å². The monoisotopic (exact) mass is 262 g/mol. The second kappa shape index (κ2) is 4.73. The van der Waals surface area contributed by atoms with Crippen molar-refractivity contribution in [2.75, 3.05) is 23.7 Å². The van der Waals surface area contributed by atoms with Gasteiger partial charge in [0.25, 0.3) is 0 Å². The molecular weight excluding hydrogens is 236 g/mol. The van der Waals surface area contributed by atoms with Crippen molar-refractivity contribution in [1.82, 2.24) is 9.78 Å². The summed E-state index contributed by atoms with van der Waals surface area (Å²) in [7, 11) is 0. The van der Waals surface area contributed by atoms with Crippen LogP contribution in [-0.2, 0) is 0 Å². The topological polar surface area (TPSA) is 47.1 Å². The first-order chi connectivity index (χ1) is 9.06. The lowest BCUT2D eigenvalue weighted by molar-refractivity contribution is 0.515. The smallest absolute Gasteiger partial charge is 0.150 e. The molecule has 2 N–H and O–H groups in total. The van der Waals surface area contributed by atoms with E-state index in [1.165, 1.54) is 44.6 Å². The number of aryl methyl sites for hydroxylation is 1. The summed E-state index contributed by atoms with van der Waals surface area (Å²) in [4.78, 5) is 2.52. The summed E-state index contributed by atoms with van der Waals surface area (Å²) >= 11 is 0. The van der Waals surface area contributed by atoms with Gasteiger partial charge in [-0.05, 0) is 58.3 Å². The Labute approximate surface area is 116 Å². The van der Waals surface area contributed by atoms with Crippen molar-refractivity contribution < 1.29 is 0 Å². The first-order valence-electron chi connectivity index (χ1n) is 7.65. The van der Waals surface area contributed by atoms with Crippen LogP contribution in [0.4, 0.5) is 11.5 Å². The largest absolute Gasteiger partial charge is 0.394 e. The van der Waals surface area contributed by atoms with Gasteiger partial charge in [0.2, 0.25) is 0 Å². The van der Waals surface area contributed by atoms with Crippen LogP contribution in [0.2, 0.25) is 0 Å². The summed E-state index contributed by atoms with van der Waals surface area (Å²) in [5, 5.41) is 4.64. The molecule has 1 heterocycles. The number of nitrogen functional groups attached to an aromatic ring is 1. The van der Waals surface area contributed by atoms with Crippen LogP contribution in [-0.4, -0.2) is 22.9 Å². The normalized spacial score (nSPS) is 19.2. The van der Waals surface area contributed by atoms with Crippen molar-refractivity contribution >= 4 is 11.5 Å². The minimum absolute atomic E-state index is 0.368. The van der Waals surface area contributed by atoms with Crippen LogP contribution < -0.4 is 10.6 Å². The van der Waals surface area contributed by atoms with Gasteiger partial charge in [-0.25, -0.2) is 4.68 Å². The van der Waals surface area contributed by atoms with E-state index >= 15 is 0 Å². The fourth-order valence-corrected chi connectivity index (χ4v) is 2.69. The van der Waals surface area contributed by atoms with Gasteiger partial charge in [0.1, 0.15) is 0 Å². The van der Waals surface area contributed by atoms with Crippen molar-refractivity contribution in [2.24, 2.45) is 11.8 Å². The van der Waals surface area contributed by atoms with Crippen LogP contribution >= 0.6 is 0 Å². The molecule has 1 aromatic heterocycles. The van der Waals surface area contributed by atoms with Gasteiger partial charge >= 0.3 is 0 Å². The first kappa shape index (κ1) is 12.8. The first-order valence-corrected chi connectivity index (χ1v) is 7.65. The molecule has 19 heavy (non-hydrogen) atoms. The molecule has 0 bridgehead atoms. The molecular formula is C15H26N4. The van der Waals surface area contributed by atoms with E-state index in [0.29, 0.717) is 6.04 Å². The van der Waals surface area contributed by atoms with Crippen LogP contribution in [0, 0.1) is 18.8 Å². The van der Waals surface area contributed by atoms with Gasteiger partial charge in [0.05, 0.1) is 11.4 Å². The molecule has 0 saturated heterocycles. The predicted molar refractivity (Wildman–Crippen MR) is 79.4 cm³/mol. The zero-order chi connectivity index (χ0) is 13.6. The third-order valence-corrected chi connectivity index (χ3v) is 4.25. The predicted octanol–water partition coefficient (Wildman–Crippen LogP) is 2.98. The maximum Gasteiger partial charge on any atom is 0.150 e. The molecule has 1 aromatic rings. The number of hydrogen-bond acceptors (Lipinski definition) is 3. The fraction of sp³-hybridized carbons (Fsp3) is 0.800. The van der Waals surface area contributed by atoms with Crippen LogP contribution in [0.15, 0.2) is 0 Å². The zero-order valence-corrected chi connectivity index (χ0v) is 12.4. The average Bonchev–Trinajstić information content (AvgIpc) is 3.23. The Morgan fingerprint density at radius 2 is 1.74 bits per heavy atom. The molecule has 4 nitrogen and oxygen atoms in total. The molecule has 0 unspecified atom stereocenters. The summed E-state index contributed by atoms with van der Waals surface area (Å²) in [5.41, 5.74) is 8.17. The van der Waals surface area contributed by atoms with E-state index < -0.39 is 0 Å². The van der Waals surface area contributed by atoms with Gasteiger partial charge in [-0.15, -0.1) is 0 Å². The molecule has 0 aliphatic heterocycles. The summed E-state index contributed by atoms with van der Waals surface area (Å²) < 4.78 is 2.12. The highest BCUT2D eigenvalue weighted by Crippen LogP contribution is 2.38. The van der Waals surface area contributed by atoms with Gasteiger partial charge in [-0.2, -0.15) is 5.10 Å². The minimum atomic E-state index is 0.368. The highest BCUT2D eigenvalue weighted by molar-refractivity contribution is 5.66. The van der Waals surface area contributed by atoms with Crippen molar-refractivity contribution in [1.29, 1.82) is 0 Å². The average molecular weight is 262 g/mol. The lowest BCUT2D eigenvalue weighted by atomic mass is 10.2. The Hall–Kier alpha value is -1.19. The van der Waals surface area contributed by atoms with E-state index in [-0.39, 0.29) is 0 Å². The third kappa shape index (κ3) is 2.72. The number of anilines is 2. The van der Waals surface area contributed by atoms with Gasteiger partial charge in [-0.1, -0.05) is 0 Å². The molecule has 0 aromatic carbocycles. The van der Waals surface area contributed by atoms with Crippen LogP contribution in [0.25, 0.3) is 0 Å². The zero-order valence-electron chi connectivity index (χ0n) is 12.4. The van der Waals surface area contributed by atoms with E-state index in [2.05, 4.69) is 28.5 Å². The summed E-state index contributed by atoms with van der Waals surface area (Å²) in [6, 6.07) is 0.368. The highest BCUT2D eigenvalue weighted by Gasteiger charge is 2.32. The Morgan fingerprint density at radius 1 is 1.21 bits per heavy atom. The van der Waals surface area contributed by atoms with Crippen molar-refractivity contribution in [3.63, 3.8) is 0 Å². The maximum atomic E-state index is 6.31. The highest BCUT2D eigenvalue weighted by atomic mass is 15.4. The maximum absolute atomic E-state index is 6.31. The Bertz CT molecular complexity index is 441. The molecule has 106 valence electrons. The molecule has 2 aliphatic carbocycles. The van der Waals surface area contributed by atoms with E-state index in [4.69, 9.17) is 5.73 Å². The molecule has 0 radical (unpaired) electrons. The molecule has 0 amide bonds. The number of nitrogens with zero attached hydrogens (tertiary/aromatic N) is 3. The van der Waals surface area contributed by atoms with E-state index in [0.717, 1.165) is 23.2 Å². The standard InChI is InChI=1S/C15H26N4/c1-10(2)19-15(14(16)11(3)17-19)18(8-12-4-5-12)9-13-6-7-13/h10,12-13H,4-9,16H2,1-3H3. The second-order valence-corrected chi connectivity index (χ2v) is 6.65. The minimum Gasteiger partial charge on any atom is -0.394 e. The molecule has 2 fully saturated rings. The molecule has 2 saturated carbocycles. The van der Waals surface area contributed by atoms with Crippen molar-refractivity contribution in [3.8, 4) is 0 Å². The second-order valence-electron chi connectivity index (χ2n) is 6.65. The van der Waals surface area contributed by atoms with Gasteiger partial charge < -0.3 is 10.6 Å². The van der Waals surface area contributed by atoms with E-state index in [9.17, 15) is 0 Å². The van der Waals surface area contributed by atoms with Gasteiger partial charge in [0.15, 0.2) is 5.82 Å². The summed E-state index contributed by atoms with van der Waals surface area (Å²) in [6.45, 7) is 8.71. The van der Waals surface area contributed by atoms with E-state index in [1.807, 2.05) is 6.92 Å². The number of rotatable bonds is 6. The van der Waals surface area contributed by atoms with Crippen molar-refractivity contribution in [2.45, 2.75) is 52.5 Å².